The number of guanidine groups is 1. The Labute approximate surface area is 465 Å². The number of carboxylic acids is 5. The molecule has 1 unspecified atom stereocenters. The van der Waals surface area contributed by atoms with E-state index in [-0.39, 0.29) is 128 Å². The first-order valence-corrected chi connectivity index (χ1v) is 27.2. The molecule has 1 heterocycles. The predicted molar refractivity (Wildman–Crippen MR) is 291 cm³/mol. The van der Waals surface area contributed by atoms with E-state index < -0.39 is 77.5 Å². The molecule has 0 bridgehead atoms. The smallest absolute Gasteiger partial charge is 0.326 e. The van der Waals surface area contributed by atoms with Crippen LogP contribution >= 0.6 is 0 Å². The van der Waals surface area contributed by atoms with Crippen molar-refractivity contribution in [1.82, 2.24) is 46.6 Å². The Balaban J connectivity index is 1.92. The van der Waals surface area contributed by atoms with Gasteiger partial charge in [0.2, 0.25) is 23.6 Å². The highest BCUT2D eigenvalue weighted by Gasteiger charge is 2.31. The highest BCUT2D eigenvalue weighted by Crippen LogP contribution is 2.18. The van der Waals surface area contributed by atoms with Crippen molar-refractivity contribution in [1.29, 1.82) is 0 Å². The maximum Gasteiger partial charge on any atom is 0.326 e. The number of carbonyl (C=O) groups is 11. The molecular formula is C52H84N12O16. The molecule has 0 spiro atoms. The number of Topliss-reactive ketones (excluding diaryl/α,β-unsaturated/α-hetero) is 1. The fraction of sp³-hybridized carbons (Fsp3) is 0.654. The van der Waals surface area contributed by atoms with Crippen LogP contribution < -0.4 is 43.4 Å². The average Bonchev–Trinajstić information content (AvgIpc) is 3.48. The van der Waals surface area contributed by atoms with E-state index in [2.05, 4.69) is 36.9 Å². The quantitative estimate of drug-likeness (QED) is 0.0216. The van der Waals surface area contributed by atoms with E-state index in [1.807, 2.05) is 4.90 Å². The molecule has 6 amide bonds. The summed E-state index contributed by atoms with van der Waals surface area (Å²) in [7, 11) is 0. The van der Waals surface area contributed by atoms with Crippen LogP contribution in [0.2, 0.25) is 0 Å². The van der Waals surface area contributed by atoms with Gasteiger partial charge in [-0.1, -0.05) is 49.6 Å². The minimum absolute atomic E-state index is 0.000260. The molecule has 0 radical (unpaired) electrons. The average molecular weight is 1130 g/mol. The Morgan fingerprint density at radius 3 is 1.61 bits per heavy atom. The number of hydrogen-bond donors (Lipinski definition) is 13. The Kier molecular flexibility index (Phi) is 34.2. The van der Waals surface area contributed by atoms with Gasteiger partial charge in [0.25, 0.3) is 0 Å². The van der Waals surface area contributed by atoms with Crippen molar-refractivity contribution >= 4 is 71.2 Å². The van der Waals surface area contributed by atoms with E-state index in [1.165, 1.54) is 0 Å². The summed E-state index contributed by atoms with van der Waals surface area (Å²) in [5, 5.41) is 62.5. The molecule has 1 fully saturated rings. The minimum Gasteiger partial charge on any atom is -0.481 e. The number of benzene rings is 1. The van der Waals surface area contributed by atoms with E-state index in [1.54, 1.807) is 40.1 Å². The second kappa shape index (κ2) is 39.8. The summed E-state index contributed by atoms with van der Waals surface area (Å²) in [6, 6.07) is 4.51. The molecule has 1 saturated heterocycles. The molecule has 1 aromatic rings. The number of urea groups is 1. The number of ketones is 1. The number of nitrogens with one attached hydrogen (secondary N) is 6. The number of amides is 6. The van der Waals surface area contributed by atoms with Gasteiger partial charge in [-0.15, -0.1) is 0 Å². The van der Waals surface area contributed by atoms with Gasteiger partial charge in [-0.2, -0.15) is 0 Å². The molecule has 2 rings (SSSR count). The SMILES string of the molecule is NC(N)=NCCC[C@H](CC(=O)[C@H](Cc1ccccc1)NC(=O)CCCCCCCNC(=O)CCC(NC(=O)NCCCC(=O)O)C(=O)O)C(=O)N[C@@H](CCCCNC(=O)CN1CCN(CC(=O)O)CCN(CC(=O)O)CC1)C(=O)O. The van der Waals surface area contributed by atoms with Gasteiger partial charge >= 0.3 is 35.9 Å². The third-order valence-electron chi connectivity index (χ3n) is 13.0. The molecule has 28 nitrogen and oxygen atoms in total. The van der Waals surface area contributed by atoms with Gasteiger partial charge in [-0.05, 0) is 69.8 Å². The van der Waals surface area contributed by atoms with Gasteiger partial charge < -0.3 is 68.9 Å². The number of nitrogens with two attached hydrogens (primary N) is 2. The lowest BCUT2D eigenvalue weighted by Crippen LogP contribution is -2.46. The Bertz CT molecular complexity index is 2160. The van der Waals surface area contributed by atoms with E-state index in [9.17, 15) is 73.2 Å². The third kappa shape index (κ3) is 33.1. The molecule has 80 heavy (non-hydrogen) atoms. The van der Waals surface area contributed by atoms with Gasteiger partial charge in [0.1, 0.15) is 12.1 Å². The van der Waals surface area contributed by atoms with Crippen molar-refractivity contribution < 1.29 is 78.3 Å². The standard InChI is InChI=1S/C52H84N12O16/c53-51(54)57-23-11-15-37(48(75)60-38(49(76)77)16-8-10-22-56-44(68)33-62-25-27-63(34-46(71)72)29-30-64(28-26-62)35-47(73)74)32-41(65)40(31-36-13-5-4-6-14-36)59-43(67)17-7-2-1-3-9-21-55-42(66)20-19-39(50(78)79)61-52(80)58-24-12-18-45(69)70/h4-6,13-14,37-40H,1-3,7-12,15-35H2,(H,55,66)(H,56,68)(H,59,67)(H,60,75)(H,69,70)(H,71,72)(H,73,74)(H,76,77)(H,78,79)(H4,53,54,57)(H2,58,61,80)/t37-,38+,39?,40+/m1/s1. The van der Waals surface area contributed by atoms with Crippen LogP contribution in [-0.2, 0) is 54.4 Å². The van der Waals surface area contributed by atoms with Crippen molar-refractivity contribution in [2.24, 2.45) is 22.4 Å². The Hall–Kier alpha value is -7.46. The van der Waals surface area contributed by atoms with Crippen LogP contribution in [0.15, 0.2) is 35.3 Å². The molecule has 0 saturated carbocycles. The van der Waals surface area contributed by atoms with Crippen LogP contribution in [0.3, 0.4) is 0 Å². The number of nitrogens with zero attached hydrogens (tertiary/aromatic N) is 4. The van der Waals surface area contributed by atoms with Crippen LogP contribution in [0.4, 0.5) is 4.79 Å². The second-order valence-electron chi connectivity index (χ2n) is 19.7. The minimum atomic E-state index is -1.33. The third-order valence-corrected chi connectivity index (χ3v) is 13.0. The van der Waals surface area contributed by atoms with Gasteiger partial charge in [0, 0.05) is 97.0 Å². The maximum absolute atomic E-state index is 14.1. The normalized spacial score (nSPS) is 14.7. The maximum atomic E-state index is 14.1. The first-order chi connectivity index (χ1) is 38.1. The van der Waals surface area contributed by atoms with Crippen LogP contribution in [0, 0.1) is 5.92 Å². The number of carboxylic acid groups (broad SMARTS) is 5. The Morgan fingerprint density at radius 2 is 1.04 bits per heavy atom. The number of aliphatic imine (C=N–C) groups is 1. The topological polar surface area (TPSA) is 435 Å². The van der Waals surface area contributed by atoms with E-state index in [0.717, 1.165) is 12.0 Å². The lowest BCUT2D eigenvalue weighted by Gasteiger charge is -2.24. The lowest BCUT2D eigenvalue weighted by atomic mass is 9.90. The van der Waals surface area contributed by atoms with E-state index in [0.29, 0.717) is 77.9 Å². The van der Waals surface area contributed by atoms with E-state index in [4.69, 9.17) is 16.6 Å². The fourth-order valence-corrected chi connectivity index (χ4v) is 8.61. The molecule has 1 aliphatic rings. The summed E-state index contributed by atoms with van der Waals surface area (Å²) in [4.78, 5) is 145. The van der Waals surface area contributed by atoms with Gasteiger partial charge in [0.15, 0.2) is 11.7 Å². The first-order valence-electron chi connectivity index (χ1n) is 27.2. The van der Waals surface area contributed by atoms with Crippen molar-refractivity contribution in [3.63, 3.8) is 0 Å². The first kappa shape index (κ1) is 68.6. The molecule has 448 valence electrons. The molecule has 15 N–H and O–H groups in total. The summed E-state index contributed by atoms with van der Waals surface area (Å²) >= 11 is 0. The zero-order valence-corrected chi connectivity index (χ0v) is 45.6. The van der Waals surface area contributed by atoms with Crippen molar-refractivity contribution in [3.05, 3.63) is 35.9 Å². The highest BCUT2D eigenvalue weighted by molar-refractivity contribution is 5.93. The van der Waals surface area contributed by atoms with Crippen LogP contribution in [0.1, 0.15) is 108 Å². The second-order valence-corrected chi connectivity index (χ2v) is 19.7. The van der Waals surface area contributed by atoms with Crippen LogP contribution in [-0.4, -0.2) is 215 Å². The molecular weight excluding hydrogens is 1050 g/mol. The van der Waals surface area contributed by atoms with Crippen molar-refractivity contribution in [2.45, 2.75) is 127 Å². The zero-order valence-electron chi connectivity index (χ0n) is 45.6. The largest absolute Gasteiger partial charge is 0.481 e. The van der Waals surface area contributed by atoms with E-state index >= 15 is 0 Å². The summed E-state index contributed by atoms with van der Waals surface area (Å²) < 4.78 is 0. The molecule has 28 heteroatoms. The van der Waals surface area contributed by atoms with Crippen molar-refractivity contribution in [3.8, 4) is 0 Å². The van der Waals surface area contributed by atoms with Crippen LogP contribution in [0.5, 0.6) is 0 Å². The number of carbonyl (C=O) groups excluding carboxylic acids is 6. The zero-order chi connectivity index (χ0) is 59.2. The number of rotatable bonds is 41. The van der Waals surface area contributed by atoms with Crippen molar-refractivity contribution in [2.75, 3.05) is 85.1 Å². The number of hydrogen-bond acceptors (Lipinski definition) is 15. The predicted octanol–water partition coefficient (Wildman–Crippen LogP) is -0.858. The number of aliphatic carboxylic acids is 5. The molecule has 1 aliphatic heterocycles. The fourth-order valence-electron chi connectivity index (χ4n) is 8.61. The highest BCUT2D eigenvalue weighted by atomic mass is 16.4. The van der Waals surface area contributed by atoms with Crippen LogP contribution in [0.25, 0.3) is 0 Å². The van der Waals surface area contributed by atoms with Gasteiger partial charge in [-0.3, -0.25) is 58.0 Å². The summed E-state index contributed by atoms with van der Waals surface area (Å²) in [6.07, 6.45) is 3.81. The summed E-state index contributed by atoms with van der Waals surface area (Å²) in [5.41, 5.74) is 11.7. The monoisotopic (exact) mass is 1130 g/mol. The summed E-state index contributed by atoms with van der Waals surface area (Å²) in [6.45, 7) is 2.36. The molecule has 0 aromatic heterocycles. The summed E-state index contributed by atoms with van der Waals surface area (Å²) in [5.74, 6) is -9.12. The molecule has 4 atom stereocenters. The number of unbranched alkanes of at least 4 members (excludes halogenated alkanes) is 5. The Morgan fingerprint density at radius 1 is 0.500 bits per heavy atom. The molecule has 0 aliphatic carbocycles. The lowest BCUT2D eigenvalue weighted by molar-refractivity contribution is -0.143. The van der Waals surface area contributed by atoms with Gasteiger partial charge in [-0.25, -0.2) is 14.4 Å². The van der Waals surface area contributed by atoms with Gasteiger partial charge in [0.05, 0.1) is 25.7 Å². The molecule has 1 aromatic carbocycles.